The van der Waals surface area contributed by atoms with E-state index in [2.05, 4.69) is 64.8 Å². The van der Waals surface area contributed by atoms with Gasteiger partial charge in [-0.3, -0.25) is 0 Å². The molecule has 0 aliphatic rings. The Labute approximate surface area is 110 Å². The number of allylic oxidation sites excluding steroid dienone is 1. The van der Waals surface area contributed by atoms with E-state index in [4.69, 9.17) is 0 Å². The van der Waals surface area contributed by atoms with Gasteiger partial charge in [-0.05, 0) is 36.8 Å². The average molecular weight is 246 g/mol. The van der Waals surface area contributed by atoms with E-state index in [0.29, 0.717) is 0 Å². The van der Waals surface area contributed by atoms with E-state index in [1.54, 1.807) is 11.8 Å². The van der Waals surface area contributed by atoms with E-state index in [1.165, 1.54) is 21.6 Å². The van der Waals surface area contributed by atoms with Gasteiger partial charge in [0.2, 0.25) is 0 Å². The topological polar surface area (TPSA) is 0 Å². The second kappa shape index (κ2) is 8.89. The highest BCUT2D eigenvalue weighted by Crippen LogP contribution is 2.31. The predicted octanol–water partition coefficient (Wildman–Crippen LogP) is 5.68. The van der Waals surface area contributed by atoms with Gasteiger partial charge < -0.3 is 0 Å². The van der Waals surface area contributed by atoms with Gasteiger partial charge in [0, 0.05) is 4.91 Å². The smallest absolute Gasteiger partial charge is 0.0175 e. The Morgan fingerprint density at radius 3 is 2.06 bits per heavy atom. The van der Waals surface area contributed by atoms with Crippen LogP contribution in [0.1, 0.15) is 31.9 Å². The molecule has 0 bridgehead atoms. The van der Waals surface area contributed by atoms with Crippen molar-refractivity contribution in [2.45, 2.75) is 27.2 Å². The SMILES string of the molecule is C=C.C=CSC(=C(C)C)c1ccc(CC)cc1. The third-order valence-electron chi connectivity index (χ3n) is 2.28. The summed E-state index contributed by atoms with van der Waals surface area (Å²) in [5.74, 6) is 0. The molecule has 0 aromatic heterocycles. The first-order valence-corrected chi connectivity index (χ1v) is 6.61. The van der Waals surface area contributed by atoms with Crippen molar-refractivity contribution < 1.29 is 0 Å². The molecular formula is C16H22S. The molecule has 92 valence electrons. The van der Waals surface area contributed by atoms with Crippen molar-refractivity contribution in [2.75, 3.05) is 0 Å². The maximum absolute atomic E-state index is 3.77. The van der Waals surface area contributed by atoms with Crippen LogP contribution in [0, 0.1) is 0 Å². The fraction of sp³-hybridized carbons (Fsp3) is 0.250. The van der Waals surface area contributed by atoms with Crippen molar-refractivity contribution in [2.24, 2.45) is 0 Å². The summed E-state index contributed by atoms with van der Waals surface area (Å²) in [5, 5.41) is 1.88. The Morgan fingerprint density at radius 1 is 1.18 bits per heavy atom. The third-order valence-corrected chi connectivity index (χ3v) is 3.33. The highest BCUT2D eigenvalue weighted by Gasteiger charge is 2.02. The molecule has 0 atom stereocenters. The highest BCUT2D eigenvalue weighted by molar-refractivity contribution is 8.10. The predicted molar refractivity (Wildman–Crippen MR) is 83.1 cm³/mol. The van der Waals surface area contributed by atoms with Gasteiger partial charge in [-0.2, -0.15) is 0 Å². The molecule has 17 heavy (non-hydrogen) atoms. The zero-order chi connectivity index (χ0) is 13.3. The molecule has 0 fully saturated rings. The normalized spacial score (nSPS) is 8.88. The maximum atomic E-state index is 3.77. The Kier molecular flexibility index (Phi) is 8.25. The molecule has 0 nitrogen and oxygen atoms in total. The lowest BCUT2D eigenvalue weighted by Gasteiger charge is -2.08. The van der Waals surface area contributed by atoms with Crippen LogP contribution >= 0.6 is 11.8 Å². The van der Waals surface area contributed by atoms with E-state index >= 15 is 0 Å². The summed E-state index contributed by atoms with van der Waals surface area (Å²) >= 11 is 1.69. The fourth-order valence-electron chi connectivity index (χ4n) is 1.45. The summed E-state index contributed by atoms with van der Waals surface area (Å²) in [4.78, 5) is 1.31. The van der Waals surface area contributed by atoms with Crippen LogP contribution in [-0.2, 0) is 6.42 Å². The van der Waals surface area contributed by atoms with Crippen LogP contribution in [0.2, 0.25) is 0 Å². The largest absolute Gasteiger partial charge is 0.106 e. The van der Waals surface area contributed by atoms with Gasteiger partial charge in [0.25, 0.3) is 0 Å². The third kappa shape index (κ3) is 5.10. The van der Waals surface area contributed by atoms with Crippen LogP contribution in [0.5, 0.6) is 0 Å². The van der Waals surface area contributed by atoms with Crippen molar-refractivity contribution in [1.82, 2.24) is 0 Å². The van der Waals surface area contributed by atoms with E-state index in [-0.39, 0.29) is 0 Å². The quantitative estimate of drug-likeness (QED) is 0.616. The standard InChI is InChI=1S/C14H18S.C2H4/c1-5-12-7-9-13(10-8-12)14(11(3)4)15-6-2;1-2/h6-10H,2,5H2,1,3-4H3;1-2H2. The highest BCUT2D eigenvalue weighted by atomic mass is 32.2. The van der Waals surface area contributed by atoms with Crippen molar-refractivity contribution in [3.8, 4) is 0 Å². The summed E-state index contributed by atoms with van der Waals surface area (Å²) in [6.07, 6.45) is 1.10. The molecule has 0 spiro atoms. The first kappa shape index (κ1) is 15.8. The number of thioether (sulfide) groups is 1. The van der Waals surface area contributed by atoms with Gasteiger partial charge in [-0.25, -0.2) is 0 Å². The molecule has 0 heterocycles. The minimum atomic E-state index is 1.10. The van der Waals surface area contributed by atoms with Gasteiger partial charge in [0.15, 0.2) is 0 Å². The molecule has 1 aromatic rings. The van der Waals surface area contributed by atoms with Crippen LogP contribution in [0.25, 0.3) is 4.91 Å². The maximum Gasteiger partial charge on any atom is 0.0175 e. The molecule has 0 saturated heterocycles. The lowest BCUT2D eigenvalue weighted by Crippen LogP contribution is -1.84. The van der Waals surface area contributed by atoms with Gasteiger partial charge in [0.05, 0.1) is 0 Å². The lowest BCUT2D eigenvalue weighted by atomic mass is 10.1. The van der Waals surface area contributed by atoms with Crippen molar-refractivity contribution in [3.05, 3.63) is 66.1 Å². The Morgan fingerprint density at radius 2 is 1.71 bits per heavy atom. The zero-order valence-corrected chi connectivity index (χ0v) is 11.9. The van der Waals surface area contributed by atoms with Crippen LogP contribution in [-0.4, -0.2) is 0 Å². The van der Waals surface area contributed by atoms with Gasteiger partial charge >= 0.3 is 0 Å². The van der Waals surface area contributed by atoms with E-state index in [1.807, 2.05) is 5.41 Å². The molecule has 0 unspecified atom stereocenters. The molecule has 0 saturated carbocycles. The second-order valence-electron chi connectivity index (χ2n) is 3.66. The molecule has 1 rings (SSSR count). The van der Waals surface area contributed by atoms with E-state index in [0.717, 1.165) is 6.42 Å². The number of aryl methyl sites for hydroxylation is 1. The molecule has 1 aromatic carbocycles. The van der Waals surface area contributed by atoms with Gasteiger partial charge in [-0.15, -0.1) is 13.2 Å². The van der Waals surface area contributed by atoms with Crippen LogP contribution in [0.4, 0.5) is 0 Å². The van der Waals surface area contributed by atoms with Crippen LogP contribution < -0.4 is 0 Å². The fourth-order valence-corrected chi connectivity index (χ4v) is 2.12. The molecule has 0 N–H and O–H groups in total. The molecule has 0 radical (unpaired) electrons. The molecule has 0 aliphatic carbocycles. The first-order chi connectivity index (χ1) is 8.19. The van der Waals surface area contributed by atoms with Crippen LogP contribution in [0.15, 0.2) is 55.0 Å². The van der Waals surface area contributed by atoms with Crippen LogP contribution in [0.3, 0.4) is 0 Å². The summed E-state index contributed by atoms with van der Waals surface area (Å²) in [6.45, 7) is 16.2. The number of benzene rings is 1. The Balaban J connectivity index is 0.00000121. The van der Waals surface area contributed by atoms with Gasteiger partial charge in [-0.1, -0.05) is 55.1 Å². The minimum Gasteiger partial charge on any atom is -0.106 e. The van der Waals surface area contributed by atoms with E-state index in [9.17, 15) is 0 Å². The summed E-state index contributed by atoms with van der Waals surface area (Å²) < 4.78 is 0. The lowest BCUT2D eigenvalue weighted by molar-refractivity contribution is 1.14. The summed E-state index contributed by atoms with van der Waals surface area (Å²) in [6, 6.07) is 8.78. The first-order valence-electron chi connectivity index (χ1n) is 5.73. The minimum absolute atomic E-state index is 1.10. The van der Waals surface area contributed by atoms with Crippen molar-refractivity contribution in [3.63, 3.8) is 0 Å². The Bertz CT molecular complexity index is 367. The number of rotatable bonds is 4. The molecular weight excluding hydrogens is 224 g/mol. The zero-order valence-electron chi connectivity index (χ0n) is 11.1. The molecule has 0 amide bonds. The van der Waals surface area contributed by atoms with E-state index < -0.39 is 0 Å². The average Bonchev–Trinajstić information content (AvgIpc) is 2.38. The van der Waals surface area contributed by atoms with Gasteiger partial charge in [0.1, 0.15) is 0 Å². The van der Waals surface area contributed by atoms with Crippen molar-refractivity contribution >= 4 is 16.7 Å². The molecule has 0 aliphatic heterocycles. The second-order valence-corrected chi connectivity index (χ2v) is 4.64. The van der Waals surface area contributed by atoms with Crippen molar-refractivity contribution in [1.29, 1.82) is 0 Å². The number of hydrogen-bond donors (Lipinski definition) is 0. The Hall–Kier alpha value is -1.21. The molecule has 1 heteroatoms. The summed E-state index contributed by atoms with van der Waals surface area (Å²) in [5.41, 5.74) is 4.01. The summed E-state index contributed by atoms with van der Waals surface area (Å²) in [7, 11) is 0. The monoisotopic (exact) mass is 246 g/mol. The number of hydrogen-bond acceptors (Lipinski definition) is 1.